The highest BCUT2D eigenvalue weighted by Crippen LogP contribution is 2.33. The van der Waals surface area contributed by atoms with E-state index in [1.807, 2.05) is 19.1 Å². The average Bonchev–Trinajstić information content (AvgIpc) is 2.56. The first-order chi connectivity index (χ1) is 10.6. The first-order valence-electron chi connectivity index (χ1n) is 6.75. The van der Waals surface area contributed by atoms with Gasteiger partial charge in [0.2, 0.25) is 0 Å². The van der Waals surface area contributed by atoms with Gasteiger partial charge in [0.05, 0.1) is 9.30 Å². The number of benzene rings is 2. The molecule has 0 N–H and O–H groups in total. The number of hydrogen-bond acceptors (Lipinski definition) is 3. The molecule has 114 valence electrons. The summed E-state index contributed by atoms with van der Waals surface area (Å²) in [4.78, 5) is 22.3. The van der Waals surface area contributed by atoms with Crippen molar-refractivity contribution in [2.75, 3.05) is 0 Å². The molecule has 1 unspecified atom stereocenters. The van der Waals surface area contributed by atoms with Crippen molar-refractivity contribution in [3.05, 3.63) is 58.1 Å². The molecule has 22 heavy (non-hydrogen) atoms. The van der Waals surface area contributed by atoms with Crippen LogP contribution in [-0.2, 0) is 4.79 Å². The number of Topliss-reactive ketones (excluding diaryl/α,β-unsaturated/α-hetero) is 1. The minimum Gasteiger partial charge on any atom is -0.456 e. The highest BCUT2D eigenvalue weighted by molar-refractivity contribution is 9.10. The van der Waals surface area contributed by atoms with Crippen molar-refractivity contribution in [2.45, 2.75) is 18.2 Å². The van der Waals surface area contributed by atoms with E-state index in [2.05, 4.69) is 31.9 Å². The highest BCUT2D eigenvalue weighted by atomic mass is 79.9. The fourth-order valence-electron chi connectivity index (χ4n) is 1.92. The molecule has 0 saturated carbocycles. The third-order valence-corrected chi connectivity index (χ3v) is 4.69. The van der Waals surface area contributed by atoms with Gasteiger partial charge in [-0.2, -0.15) is 0 Å². The van der Waals surface area contributed by atoms with Crippen LogP contribution < -0.4 is 4.74 Å². The maximum absolute atomic E-state index is 11.9. The quantitative estimate of drug-likeness (QED) is 0.350. The van der Waals surface area contributed by atoms with Gasteiger partial charge in [0.25, 0.3) is 0 Å². The van der Waals surface area contributed by atoms with Crippen molar-refractivity contribution in [1.29, 1.82) is 0 Å². The number of hydrogen-bond donors (Lipinski definition) is 0. The summed E-state index contributed by atoms with van der Waals surface area (Å²) in [6, 6.07) is 12.6. The summed E-state index contributed by atoms with van der Waals surface area (Å²) in [7, 11) is 0. The minimum absolute atomic E-state index is 0.0563. The van der Waals surface area contributed by atoms with Gasteiger partial charge in [-0.15, -0.1) is 0 Å². The molecule has 0 saturated heterocycles. The number of alkyl halides is 1. The van der Waals surface area contributed by atoms with Gasteiger partial charge < -0.3 is 9.53 Å². The molecule has 0 aliphatic heterocycles. The third-order valence-electron chi connectivity index (χ3n) is 3.13. The standard InChI is InChI=1S/C17H14Br2O3/c1-2-15(21)13-4-3-5-16(17(13)19)22-12-8-6-11(7-9-12)14(18)10-20/h3-10,14H,2H2,1H3. The van der Waals surface area contributed by atoms with Crippen LogP contribution in [-0.4, -0.2) is 12.1 Å². The molecule has 2 aromatic carbocycles. The van der Waals surface area contributed by atoms with E-state index in [1.54, 1.807) is 30.3 Å². The Morgan fingerprint density at radius 2 is 1.91 bits per heavy atom. The first-order valence-corrected chi connectivity index (χ1v) is 8.46. The van der Waals surface area contributed by atoms with Gasteiger partial charge in [-0.3, -0.25) is 4.79 Å². The Labute approximate surface area is 145 Å². The molecular formula is C17H14Br2O3. The van der Waals surface area contributed by atoms with Crippen LogP contribution in [0.1, 0.15) is 34.1 Å². The Kier molecular flexibility index (Phi) is 5.91. The zero-order valence-corrected chi connectivity index (χ0v) is 15.1. The number of halogens is 2. The van der Waals surface area contributed by atoms with Crippen LogP contribution in [0.2, 0.25) is 0 Å². The maximum Gasteiger partial charge on any atom is 0.163 e. The van der Waals surface area contributed by atoms with Crippen molar-refractivity contribution in [1.82, 2.24) is 0 Å². The van der Waals surface area contributed by atoms with E-state index in [4.69, 9.17) is 4.74 Å². The van der Waals surface area contributed by atoms with Gasteiger partial charge in [0.15, 0.2) is 5.78 Å². The zero-order valence-electron chi connectivity index (χ0n) is 11.9. The Balaban J connectivity index is 2.24. The fourth-order valence-corrected chi connectivity index (χ4v) is 2.79. The van der Waals surface area contributed by atoms with Gasteiger partial charge in [0, 0.05) is 12.0 Å². The van der Waals surface area contributed by atoms with E-state index in [9.17, 15) is 9.59 Å². The summed E-state index contributed by atoms with van der Waals surface area (Å²) >= 11 is 6.70. The van der Waals surface area contributed by atoms with E-state index >= 15 is 0 Å². The second-order valence-electron chi connectivity index (χ2n) is 4.60. The number of aldehydes is 1. The Bertz CT molecular complexity index is 681. The summed E-state index contributed by atoms with van der Waals surface area (Å²) in [6.07, 6.45) is 1.27. The molecule has 0 heterocycles. The summed E-state index contributed by atoms with van der Waals surface area (Å²) in [5.74, 6) is 1.27. The maximum atomic E-state index is 11.9. The van der Waals surface area contributed by atoms with E-state index < -0.39 is 0 Å². The first kappa shape index (κ1) is 16.9. The summed E-state index contributed by atoms with van der Waals surface area (Å²) < 4.78 is 6.46. The monoisotopic (exact) mass is 424 g/mol. The number of ketones is 1. The minimum atomic E-state index is -0.321. The largest absolute Gasteiger partial charge is 0.456 e. The second-order valence-corrected chi connectivity index (χ2v) is 6.38. The lowest BCUT2D eigenvalue weighted by Gasteiger charge is -2.11. The molecular weight excluding hydrogens is 412 g/mol. The van der Waals surface area contributed by atoms with Crippen LogP contribution >= 0.6 is 31.9 Å². The molecule has 0 aliphatic rings. The summed E-state index contributed by atoms with van der Waals surface area (Å²) in [6.45, 7) is 1.82. The normalized spacial score (nSPS) is 11.8. The van der Waals surface area contributed by atoms with Crippen LogP contribution in [0.3, 0.4) is 0 Å². The molecule has 5 heteroatoms. The van der Waals surface area contributed by atoms with Gasteiger partial charge in [-0.1, -0.05) is 41.1 Å². The van der Waals surface area contributed by atoms with Gasteiger partial charge in [-0.05, 0) is 45.8 Å². The molecule has 0 radical (unpaired) electrons. The van der Waals surface area contributed by atoms with Crippen molar-refractivity contribution in [2.24, 2.45) is 0 Å². The molecule has 1 atom stereocenters. The lowest BCUT2D eigenvalue weighted by molar-refractivity contribution is -0.107. The molecule has 0 spiro atoms. The van der Waals surface area contributed by atoms with Crippen molar-refractivity contribution >= 4 is 43.9 Å². The molecule has 2 rings (SSSR count). The Hall–Kier alpha value is -1.46. The SMILES string of the molecule is CCC(=O)c1cccc(Oc2ccc(C(Br)C=O)cc2)c1Br. The molecule has 3 nitrogen and oxygen atoms in total. The van der Waals surface area contributed by atoms with Crippen molar-refractivity contribution in [3.63, 3.8) is 0 Å². The predicted octanol–water partition coefficient (Wildman–Crippen LogP) is 5.47. The van der Waals surface area contributed by atoms with E-state index in [0.29, 0.717) is 28.0 Å². The van der Waals surface area contributed by atoms with E-state index in [0.717, 1.165) is 11.8 Å². The predicted molar refractivity (Wildman–Crippen MR) is 93.0 cm³/mol. The van der Waals surface area contributed by atoms with Crippen molar-refractivity contribution in [3.8, 4) is 11.5 Å². The Morgan fingerprint density at radius 3 is 2.50 bits per heavy atom. The van der Waals surface area contributed by atoms with Crippen molar-refractivity contribution < 1.29 is 14.3 Å². The lowest BCUT2D eigenvalue weighted by Crippen LogP contribution is -1.99. The average molecular weight is 426 g/mol. The summed E-state index contributed by atoms with van der Waals surface area (Å²) in [5, 5.41) is 0. The molecule has 2 aromatic rings. The van der Waals surface area contributed by atoms with Gasteiger partial charge in [-0.25, -0.2) is 0 Å². The van der Waals surface area contributed by atoms with E-state index in [-0.39, 0.29) is 10.6 Å². The molecule has 0 amide bonds. The number of ether oxygens (including phenoxy) is 1. The number of carbonyl (C=O) groups is 2. The molecule has 0 aromatic heterocycles. The van der Waals surface area contributed by atoms with Gasteiger partial charge in [0.1, 0.15) is 17.8 Å². The lowest BCUT2D eigenvalue weighted by atomic mass is 10.1. The number of rotatable bonds is 6. The topological polar surface area (TPSA) is 43.4 Å². The number of carbonyl (C=O) groups excluding carboxylic acids is 2. The molecule has 0 fully saturated rings. The van der Waals surface area contributed by atoms with Crippen LogP contribution in [0.25, 0.3) is 0 Å². The second kappa shape index (κ2) is 7.70. The molecule has 0 aliphatic carbocycles. The van der Waals surface area contributed by atoms with E-state index in [1.165, 1.54) is 0 Å². The molecule has 0 bridgehead atoms. The van der Waals surface area contributed by atoms with Gasteiger partial charge >= 0.3 is 0 Å². The zero-order chi connectivity index (χ0) is 16.1. The van der Waals surface area contributed by atoms with Crippen LogP contribution in [0.15, 0.2) is 46.9 Å². The fraction of sp³-hybridized carbons (Fsp3) is 0.176. The van der Waals surface area contributed by atoms with Crippen LogP contribution in [0.5, 0.6) is 11.5 Å². The summed E-state index contributed by atoms with van der Waals surface area (Å²) in [5.41, 5.74) is 1.47. The highest BCUT2D eigenvalue weighted by Gasteiger charge is 2.13. The third kappa shape index (κ3) is 3.84. The smallest absolute Gasteiger partial charge is 0.163 e. The Morgan fingerprint density at radius 1 is 1.23 bits per heavy atom. The van der Waals surface area contributed by atoms with Crippen LogP contribution in [0, 0.1) is 0 Å². The van der Waals surface area contributed by atoms with Crippen LogP contribution in [0.4, 0.5) is 0 Å².